The fourth-order valence-electron chi connectivity index (χ4n) is 4.65. The number of ether oxygens (including phenoxy) is 2. The number of hydrogen-bond acceptors (Lipinski definition) is 5. The summed E-state index contributed by atoms with van der Waals surface area (Å²) in [7, 11) is 3.33. The molecule has 0 unspecified atom stereocenters. The number of rotatable bonds is 6. The van der Waals surface area contributed by atoms with Crippen LogP contribution in [0.15, 0.2) is 41.3 Å². The Labute approximate surface area is 173 Å². The molecular weight excluding hydrogens is 388 g/mol. The number of fused-ring (bicyclic) bond motifs is 2. The number of benzene rings is 1. The van der Waals surface area contributed by atoms with Gasteiger partial charge < -0.3 is 24.0 Å². The Bertz CT molecular complexity index is 1040. The molecule has 0 atom stereocenters. The van der Waals surface area contributed by atoms with Crippen LogP contribution in [0.1, 0.15) is 39.3 Å². The van der Waals surface area contributed by atoms with Crippen LogP contribution in [-0.4, -0.2) is 53.8 Å². The molecule has 1 fully saturated rings. The van der Waals surface area contributed by atoms with Crippen LogP contribution >= 0.6 is 0 Å². The maximum Gasteiger partial charge on any atom is 0.341 e. The molecule has 0 saturated heterocycles. The van der Waals surface area contributed by atoms with Gasteiger partial charge in [0.15, 0.2) is 11.4 Å². The average Bonchev–Trinajstić information content (AvgIpc) is 2.70. The van der Waals surface area contributed by atoms with E-state index in [4.69, 9.17) is 9.47 Å². The molecule has 1 aliphatic heterocycles. The van der Waals surface area contributed by atoms with E-state index >= 15 is 0 Å². The molecule has 1 saturated carbocycles. The Hall–Kier alpha value is -3.13. The first-order valence-corrected chi connectivity index (χ1v) is 9.81. The number of likely N-dealkylation sites (N-methyl/N-ethyl adjacent to an activating group) is 1. The number of methoxy groups -OCH3 is 1. The second-order valence-corrected chi connectivity index (χ2v) is 8.11. The van der Waals surface area contributed by atoms with Crippen molar-refractivity contribution in [1.29, 1.82) is 0 Å². The van der Waals surface area contributed by atoms with E-state index in [1.54, 1.807) is 23.6 Å². The number of carbonyl (C=O) groups excluding carboxylic acids is 1. The lowest BCUT2D eigenvalue weighted by molar-refractivity contribution is -0.0192. The summed E-state index contributed by atoms with van der Waals surface area (Å²) in [5.74, 6) is -1.59. The minimum Gasteiger partial charge on any atom is -0.483 e. The van der Waals surface area contributed by atoms with E-state index in [0.717, 1.165) is 18.4 Å². The van der Waals surface area contributed by atoms with Gasteiger partial charge in [-0.3, -0.25) is 9.59 Å². The van der Waals surface area contributed by atoms with Gasteiger partial charge in [0.05, 0.1) is 5.54 Å². The topological polar surface area (TPSA) is 98.1 Å². The third-order valence-corrected chi connectivity index (χ3v) is 5.95. The van der Waals surface area contributed by atoms with Gasteiger partial charge >= 0.3 is 5.97 Å². The van der Waals surface area contributed by atoms with Crippen molar-refractivity contribution in [3.8, 4) is 5.75 Å². The molecule has 8 heteroatoms. The highest BCUT2D eigenvalue weighted by atomic mass is 16.5. The first kappa shape index (κ1) is 20.2. The number of carboxylic acid groups (broad SMARTS) is 1. The molecule has 2 heterocycles. The normalized spacial score (nSPS) is 22.5. The first-order valence-electron chi connectivity index (χ1n) is 9.81. The molecule has 1 aliphatic carbocycles. The SMILES string of the molecule is COCC1CC2(C1)CN(C)C(=O)c1c(OCc3ccccc3)c(=O)c(C(=O)O)cn12. The van der Waals surface area contributed by atoms with Crippen LogP contribution in [0, 0.1) is 5.92 Å². The number of aromatic nitrogens is 1. The highest BCUT2D eigenvalue weighted by Crippen LogP contribution is 2.48. The number of aromatic carboxylic acids is 1. The van der Waals surface area contributed by atoms with E-state index in [1.165, 1.54) is 6.20 Å². The van der Waals surface area contributed by atoms with Crippen molar-refractivity contribution in [3.05, 3.63) is 63.6 Å². The van der Waals surface area contributed by atoms with Gasteiger partial charge in [0.1, 0.15) is 12.2 Å². The quantitative estimate of drug-likeness (QED) is 0.779. The van der Waals surface area contributed by atoms with Crippen molar-refractivity contribution < 1.29 is 24.2 Å². The van der Waals surface area contributed by atoms with Gasteiger partial charge in [-0.25, -0.2) is 4.79 Å². The summed E-state index contributed by atoms with van der Waals surface area (Å²) in [6.07, 6.45) is 2.76. The lowest BCUT2D eigenvalue weighted by Gasteiger charge is -2.54. The number of carbonyl (C=O) groups is 2. The first-order chi connectivity index (χ1) is 14.4. The van der Waals surface area contributed by atoms with Crippen molar-refractivity contribution in [2.75, 3.05) is 27.3 Å². The van der Waals surface area contributed by atoms with Gasteiger partial charge in [-0.15, -0.1) is 0 Å². The predicted molar refractivity (Wildman–Crippen MR) is 108 cm³/mol. The van der Waals surface area contributed by atoms with E-state index in [1.807, 2.05) is 30.3 Å². The van der Waals surface area contributed by atoms with E-state index < -0.39 is 22.5 Å². The molecule has 1 spiro atoms. The highest BCUT2D eigenvalue weighted by Gasteiger charge is 2.52. The Balaban J connectivity index is 1.82. The number of nitrogens with zero attached hydrogens (tertiary/aromatic N) is 2. The summed E-state index contributed by atoms with van der Waals surface area (Å²) in [5, 5.41) is 9.61. The molecule has 4 rings (SSSR count). The van der Waals surface area contributed by atoms with Crippen molar-refractivity contribution in [2.45, 2.75) is 25.0 Å². The smallest absolute Gasteiger partial charge is 0.341 e. The largest absolute Gasteiger partial charge is 0.483 e. The molecule has 0 bridgehead atoms. The van der Waals surface area contributed by atoms with Crippen LogP contribution in [-0.2, 0) is 16.9 Å². The Morgan fingerprint density at radius 2 is 1.93 bits per heavy atom. The summed E-state index contributed by atoms with van der Waals surface area (Å²) < 4.78 is 12.7. The highest BCUT2D eigenvalue weighted by molar-refractivity contribution is 5.97. The van der Waals surface area contributed by atoms with Gasteiger partial charge in [-0.1, -0.05) is 30.3 Å². The second-order valence-electron chi connectivity index (χ2n) is 8.11. The summed E-state index contributed by atoms with van der Waals surface area (Å²) in [5.41, 5.74) is -0.716. The molecule has 1 aromatic heterocycles. The monoisotopic (exact) mass is 412 g/mol. The number of hydrogen-bond donors (Lipinski definition) is 1. The zero-order valence-electron chi connectivity index (χ0n) is 17.0. The van der Waals surface area contributed by atoms with Crippen LogP contribution in [0.4, 0.5) is 0 Å². The van der Waals surface area contributed by atoms with Gasteiger partial charge in [-0.2, -0.15) is 0 Å². The number of amides is 1. The summed E-state index contributed by atoms with van der Waals surface area (Å²) in [6, 6.07) is 9.21. The van der Waals surface area contributed by atoms with E-state index in [9.17, 15) is 19.5 Å². The van der Waals surface area contributed by atoms with Gasteiger partial charge in [-0.05, 0) is 24.3 Å². The number of carboxylic acids is 1. The maximum atomic E-state index is 13.0. The van der Waals surface area contributed by atoms with Crippen LogP contribution in [0.25, 0.3) is 0 Å². The summed E-state index contributed by atoms with van der Waals surface area (Å²) >= 11 is 0. The third-order valence-electron chi connectivity index (χ3n) is 5.95. The van der Waals surface area contributed by atoms with Gasteiger partial charge in [0, 0.05) is 33.5 Å². The van der Waals surface area contributed by atoms with Crippen LogP contribution in [0.2, 0.25) is 0 Å². The second kappa shape index (κ2) is 7.60. The lowest BCUT2D eigenvalue weighted by atomic mass is 9.67. The van der Waals surface area contributed by atoms with E-state index in [0.29, 0.717) is 19.1 Å². The predicted octanol–water partition coefficient (Wildman–Crippen LogP) is 1.96. The number of pyridine rings is 1. The minimum atomic E-state index is -1.34. The Morgan fingerprint density at radius 3 is 2.57 bits per heavy atom. The third kappa shape index (κ3) is 3.27. The van der Waals surface area contributed by atoms with E-state index in [-0.39, 0.29) is 24.0 Å². The molecule has 158 valence electrons. The van der Waals surface area contributed by atoms with Crippen molar-refractivity contribution in [1.82, 2.24) is 9.47 Å². The lowest BCUT2D eigenvalue weighted by Crippen LogP contribution is -2.60. The molecule has 30 heavy (non-hydrogen) atoms. The molecule has 8 nitrogen and oxygen atoms in total. The minimum absolute atomic E-state index is 0.0580. The zero-order chi connectivity index (χ0) is 21.5. The molecule has 1 aromatic carbocycles. The van der Waals surface area contributed by atoms with Crippen LogP contribution in [0.5, 0.6) is 5.75 Å². The standard InChI is InChI=1S/C22H24N2O6/c1-23-13-22(8-15(9-22)11-29-2)24-10-16(21(27)28)18(25)19(17(24)20(23)26)30-12-14-6-4-3-5-7-14/h3-7,10,15H,8-9,11-13H2,1-2H3,(H,27,28). The Kier molecular flexibility index (Phi) is 5.11. The molecular formula is C22H24N2O6. The van der Waals surface area contributed by atoms with Crippen LogP contribution in [0.3, 0.4) is 0 Å². The van der Waals surface area contributed by atoms with Crippen molar-refractivity contribution in [2.24, 2.45) is 5.92 Å². The molecule has 1 amide bonds. The maximum absolute atomic E-state index is 13.0. The summed E-state index contributed by atoms with van der Waals surface area (Å²) in [4.78, 5) is 39.3. The molecule has 2 aliphatic rings. The van der Waals surface area contributed by atoms with Crippen molar-refractivity contribution >= 4 is 11.9 Å². The van der Waals surface area contributed by atoms with E-state index in [2.05, 4.69) is 0 Å². The van der Waals surface area contributed by atoms with Crippen molar-refractivity contribution in [3.63, 3.8) is 0 Å². The fraction of sp³-hybridized carbons (Fsp3) is 0.409. The molecule has 2 aromatic rings. The molecule has 0 radical (unpaired) electrons. The average molecular weight is 412 g/mol. The molecule has 1 N–H and O–H groups in total. The summed E-state index contributed by atoms with van der Waals surface area (Å²) in [6.45, 7) is 1.10. The van der Waals surface area contributed by atoms with Gasteiger partial charge in [0.2, 0.25) is 5.43 Å². The Morgan fingerprint density at radius 1 is 1.23 bits per heavy atom. The fourth-order valence-corrected chi connectivity index (χ4v) is 4.65. The van der Waals surface area contributed by atoms with Crippen LogP contribution < -0.4 is 10.2 Å². The zero-order valence-corrected chi connectivity index (χ0v) is 17.0. The van der Waals surface area contributed by atoms with Gasteiger partial charge in [0.25, 0.3) is 5.91 Å².